The molecule has 4 atom stereocenters. The second kappa shape index (κ2) is 5.23. The maximum absolute atomic E-state index is 12.6. The maximum Gasteiger partial charge on any atom is 0.260 e. The summed E-state index contributed by atoms with van der Waals surface area (Å²) in [4.78, 5) is 12.6. The molecule has 2 heterocycles. The minimum absolute atomic E-state index is 0.291. The Morgan fingerprint density at radius 1 is 1.24 bits per heavy atom. The molecule has 0 aliphatic carbocycles. The van der Waals surface area contributed by atoms with Gasteiger partial charge >= 0.3 is 0 Å². The SMILES string of the molecule is Cc1cccc2ccn([C@@H]3O[C@H](CO)[C@@H](O)[C@H]3O)c(=O)c12. The summed E-state index contributed by atoms with van der Waals surface area (Å²) in [7, 11) is 0. The summed E-state index contributed by atoms with van der Waals surface area (Å²) in [5, 5.41) is 30.3. The van der Waals surface area contributed by atoms with E-state index in [1.54, 1.807) is 6.07 Å². The van der Waals surface area contributed by atoms with E-state index < -0.39 is 31.1 Å². The van der Waals surface area contributed by atoms with Gasteiger partial charge in [-0.15, -0.1) is 0 Å². The lowest BCUT2D eigenvalue weighted by molar-refractivity contribution is -0.0541. The van der Waals surface area contributed by atoms with Crippen molar-refractivity contribution in [2.45, 2.75) is 31.5 Å². The number of hydrogen-bond donors (Lipinski definition) is 3. The fourth-order valence-corrected chi connectivity index (χ4v) is 2.79. The van der Waals surface area contributed by atoms with E-state index in [-0.39, 0.29) is 5.56 Å². The van der Waals surface area contributed by atoms with Crippen molar-refractivity contribution in [3.8, 4) is 0 Å². The van der Waals surface area contributed by atoms with E-state index >= 15 is 0 Å². The number of rotatable bonds is 2. The lowest BCUT2D eigenvalue weighted by Gasteiger charge is -2.18. The molecule has 6 nitrogen and oxygen atoms in total. The fourth-order valence-electron chi connectivity index (χ4n) is 2.79. The van der Waals surface area contributed by atoms with Gasteiger partial charge in [0.15, 0.2) is 6.23 Å². The third kappa shape index (κ3) is 2.16. The highest BCUT2D eigenvalue weighted by Crippen LogP contribution is 2.28. The normalized spacial score (nSPS) is 29.1. The number of aromatic nitrogens is 1. The number of aliphatic hydroxyl groups excluding tert-OH is 3. The lowest BCUT2D eigenvalue weighted by Crippen LogP contribution is -2.35. The molecule has 0 spiro atoms. The van der Waals surface area contributed by atoms with E-state index in [9.17, 15) is 15.0 Å². The van der Waals surface area contributed by atoms with Crippen LogP contribution < -0.4 is 5.56 Å². The Labute approximate surface area is 120 Å². The van der Waals surface area contributed by atoms with Crippen molar-refractivity contribution in [3.05, 3.63) is 46.4 Å². The zero-order valence-electron chi connectivity index (χ0n) is 11.5. The molecule has 3 rings (SSSR count). The Hall–Kier alpha value is -1.73. The molecule has 0 amide bonds. The zero-order chi connectivity index (χ0) is 15.1. The summed E-state index contributed by atoms with van der Waals surface area (Å²) in [6, 6.07) is 7.31. The summed E-state index contributed by atoms with van der Waals surface area (Å²) >= 11 is 0. The first kappa shape index (κ1) is 14.2. The third-order valence-electron chi connectivity index (χ3n) is 3.96. The highest BCUT2D eigenvalue weighted by atomic mass is 16.6. The standard InChI is InChI=1S/C15H17NO5/c1-8-3-2-4-9-5-6-16(14(20)11(8)9)15-13(19)12(18)10(7-17)21-15/h2-6,10,12-13,15,17-19H,7H2,1H3/t10-,12-,13-,15-/m1/s1. The topological polar surface area (TPSA) is 91.9 Å². The average molecular weight is 291 g/mol. The van der Waals surface area contributed by atoms with Gasteiger partial charge in [-0.05, 0) is 23.9 Å². The molecule has 1 aliphatic rings. The monoisotopic (exact) mass is 291 g/mol. The van der Waals surface area contributed by atoms with E-state index in [4.69, 9.17) is 9.84 Å². The molecule has 21 heavy (non-hydrogen) atoms. The van der Waals surface area contributed by atoms with Crippen LogP contribution in [0.3, 0.4) is 0 Å². The van der Waals surface area contributed by atoms with Crippen molar-refractivity contribution < 1.29 is 20.1 Å². The number of hydrogen-bond acceptors (Lipinski definition) is 5. The van der Waals surface area contributed by atoms with E-state index in [2.05, 4.69) is 0 Å². The third-order valence-corrected chi connectivity index (χ3v) is 3.96. The highest BCUT2D eigenvalue weighted by molar-refractivity contribution is 5.84. The van der Waals surface area contributed by atoms with Crippen LogP contribution in [0.5, 0.6) is 0 Å². The molecule has 1 aromatic heterocycles. The van der Waals surface area contributed by atoms with Crippen molar-refractivity contribution in [3.63, 3.8) is 0 Å². The first-order valence-corrected chi connectivity index (χ1v) is 6.77. The molecular weight excluding hydrogens is 274 g/mol. The molecular formula is C15H17NO5. The Balaban J connectivity index is 2.12. The van der Waals surface area contributed by atoms with Crippen molar-refractivity contribution >= 4 is 10.8 Å². The van der Waals surface area contributed by atoms with Gasteiger partial charge < -0.3 is 20.1 Å². The quantitative estimate of drug-likeness (QED) is 0.720. The zero-order valence-corrected chi connectivity index (χ0v) is 11.5. The van der Waals surface area contributed by atoms with Gasteiger partial charge in [0.1, 0.15) is 18.3 Å². The van der Waals surface area contributed by atoms with Crippen molar-refractivity contribution in [1.29, 1.82) is 0 Å². The molecule has 1 fully saturated rings. The smallest absolute Gasteiger partial charge is 0.260 e. The van der Waals surface area contributed by atoms with Crippen LogP contribution in [0.1, 0.15) is 11.8 Å². The average Bonchev–Trinajstić information content (AvgIpc) is 2.75. The van der Waals surface area contributed by atoms with Crippen molar-refractivity contribution in [2.24, 2.45) is 0 Å². The molecule has 0 saturated carbocycles. The van der Waals surface area contributed by atoms with Gasteiger partial charge in [-0.25, -0.2) is 0 Å². The number of nitrogens with zero attached hydrogens (tertiary/aromatic N) is 1. The van der Waals surface area contributed by atoms with Gasteiger partial charge in [-0.3, -0.25) is 9.36 Å². The molecule has 3 N–H and O–H groups in total. The van der Waals surface area contributed by atoms with E-state index in [0.29, 0.717) is 5.39 Å². The Morgan fingerprint density at radius 3 is 2.67 bits per heavy atom. The molecule has 2 aromatic rings. The van der Waals surface area contributed by atoms with Crippen LogP contribution in [0.2, 0.25) is 0 Å². The Kier molecular flexibility index (Phi) is 3.54. The van der Waals surface area contributed by atoms with Crippen LogP contribution in [-0.2, 0) is 4.74 Å². The minimum atomic E-state index is -1.26. The lowest BCUT2D eigenvalue weighted by atomic mass is 10.1. The summed E-state index contributed by atoms with van der Waals surface area (Å²) in [5.41, 5.74) is 0.541. The fraction of sp³-hybridized carbons (Fsp3) is 0.400. The molecule has 0 unspecified atom stereocenters. The van der Waals surface area contributed by atoms with Gasteiger partial charge in [0.05, 0.1) is 12.0 Å². The van der Waals surface area contributed by atoms with E-state index in [0.717, 1.165) is 10.9 Å². The van der Waals surface area contributed by atoms with Crippen molar-refractivity contribution in [2.75, 3.05) is 6.61 Å². The van der Waals surface area contributed by atoms with Gasteiger partial charge in [0.2, 0.25) is 0 Å². The largest absolute Gasteiger partial charge is 0.394 e. The summed E-state index contributed by atoms with van der Waals surface area (Å²) < 4.78 is 6.67. The van der Waals surface area contributed by atoms with Crippen LogP contribution >= 0.6 is 0 Å². The van der Waals surface area contributed by atoms with Gasteiger partial charge in [-0.1, -0.05) is 18.2 Å². The summed E-state index contributed by atoms with van der Waals surface area (Å²) in [5.74, 6) is 0. The summed E-state index contributed by atoms with van der Waals surface area (Å²) in [6.07, 6.45) is -2.86. The second-order valence-electron chi connectivity index (χ2n) is 5.30. The highest BCUT2D eigenvalue weighted by Gasteiger charge is 2.43. The molecule has 0 radical (unpaired) electrons. The number of fused-ring (bicyclic) bond motifs is 1. The van der Waals surface area contributed by atoms with Crippen LogP contribution in [0.25, 0.3) is 10.8 Å². The first-order chi connectivity index (χ1) is 10.0. The van der Waals surface area contributed by atoms with Crippen molar-refractivity contribution in [1.82, 2.24) is 4.57 Å². The Morgan fingerprint density at radius 2 is 2.00 bits per heavy atom. The molecule has 6 heteroatoms. The molecule has 1 aromatic carbocycles. The maximum atomic E-state index is 12.6. The number of aliphatic hydroxyl groups is 3. The van der Waals surface area contributed by atoms with Crippen LogP contribution in [0.15, 0.2) is 35.3 Å². The van der Waals surface area contributed by atoms with Gasteiger partial charge in [0, 0.05) is 6.20 Å². The van der Waals surface area contributed by atoms with E-state index in [1.807, 2.05) is 25.1 Å². The predicted molar refractivity (Wildman–Crippen MR) is 76.0 cm³/mol. The molecule has 112 valence electrons. The Bertz CT molecular complexity index is 726. The number of pyridine rings is 1. The number of ether oxygens (including phenoxy) is 1. The van der Waals surface area contributed by atoms with E-state index in [1.165, 1.54) is 10.8 Å². The van der Waals surface area contributed by atoms with Gasteiger partial charge in [0.25, 0.3) is 5.56 Å². The van der Waals surface area contributed by atoms with Crippen LogP contribution in [0.4, 0.5) is 0 Å². The van der Waals surface area contributed by atoms with Gasteiger partial charge in [-0.2, -0.15) is 0 Å². The molecule has 1 saturated heterocycles. The number of aryl methyl sites for hydroxylation is 1. The second-order valence-corrected chi connectivity index (χ2v) is 5.30. The predicted octanol–water partition coefficient (Wildman–Crippen LogP) is -0.0786. The first-order valence-electron chi connectivity index (χ1n) is 6.77. The van der Waals surface area contributed by atoms with Crippen LogP contribution in [0, 0.1) is 6.92 Å². The minimum Gasteiger partial charge on any atom is -0.394 e. The number of benzene rings is 1. The molecule has 1 aliphatic heterocycles. The van der Waals surface area contributed by atoms with Crippen LogP contribution in [-0.4, -0.2) is 44.8 Å². The summed E-state index contributed by atoms with van der Waals surface area (Å²) in [6.45, 7) is 1.42. The molecule has 0 bridgehead atoms.